The smallest absolute Gasteiger partial charge is 0.300 e. The number of hydrogen-bond donors (Lipinski definition) is 1. The summed E-state index contributed by atoms with van der Waals surface area (Å²) < 4.78 is 5.49. The third kappa shape index (κ3) is 2.03. The molecular weight excluding hydrogens is 200 g/mol. The molecule has 16 heavy (non-hydrogen) atoms. The lowest BCUT2D eigenvalue weighted by Crippen LogP contribution is -1.92. The Morgan fingerprint density at radius 2 is 2.12 bits per heavy atom. The van der Waals surface area contributed by atoms with Crippen LogP contribution in [0.3, 0.4) is 0 Å². The van der Waals surface area contributed by atoms with Crippen LogP contribution in [0.1, 0.15) is 0 Å². The first kappa shape index (κ1) is 10.2. The molecule has 0 aliphatic rings. The first-order valence-corrected chi connectivity index (χ1v) is 4.91. The van der Waals surface area contributed by atoms with Crippen molar-refractivity contribution in [1.29, 1.82) is 0 Å². The van der Waals surface area contributed by atoms with Gasteiger partial charge in [-0.2, -0.15) is 4.98 Å². The molecule has 0 saturated carbocycles. The van der Waals surface area contributed by atoms with E-state index in [9.17, 15) is 0 Å². The highest BCUT2D eigenvalue weighted by atomic mass is 16.5. The van der Waals surface area contributed by atoms with Crippen molar-refractivity contribution in [3.05, 3.63) is 61.4 Å². The second-order valence-electron chi connectivity index (χ2n) is 3.17. The van der Waals surface area contributed by atoms with Gasteiger partial charge in [-0.3, -0.25) is 0 Å². The van der Waals surface area contributed by atoms with E-state index in [1.807, 2.05) is 24.3 Å². The Morgan fingerprint density at radius 3 is 2.81 bits per heavy atom. The number of nitrogens with one attached hydrogen (secondary N) is 1. The summed E-state index contributed by atoms with van der Waals surface area (Å²) in [6.07, 6.45) is 4.97. The van der Waals surface area contributed by atoms with Gasteiger partial charge >= 0.3 is 0 Å². The number of aromatic nitrogens is 2. The highest BCUT2D eigenvalue weighted by Crippen LogP contribution is 2.16. The molecule has 0 radical (unpaired) electrons. The van der Waals surface area contributed by atoms with Gasteiger partial charge in [0.15, 0.2) is 0 Å². The van der Waals surface area contributed by atoms with Crippen LogP contribution in [0.15, 0.2) is 61.4 Å². The van der Waals surface area contributed by atoms with Crippen molar-refractivity contribution in [3.63, 3.8) is 0 Å². The molecule has 0 spiro atoms. The number of H-pyrrole nitrogens is 1. The molecule has 0 aliphatic carbocycles. The van der Waals surface area contributed by atoms with Crippen molar-refractivity contribution in [3.8, 4) is 6.01 Å². The number of imidazole rings is 1. The summed E-state index contributed by atoms with van der Waals surface area (Å²) in [4.78, 5) is 7.34. The Bertz CT molecular complexity index is 519. The zero-order valence-corrected chi connectivity index (χ0v) is 8.81. The van der Waals surface area contributed by atoms with Crippen molar-refractivity contribution in [1.82, 2.24) is 9.97 Å². The van der Waals surface area contributed by atoms with Crippen LogP contribution in [0.2, 0.25) is 0 Å². The summed E-state index contributed by atoms with van der Waals surface area (Å²) >= 11 is 0. The summed E-state index contributed by atoms with van der Waals surface area (Å²) in [5, 5.41) is 0. The summed E-state index contributed by atoms with van der Waals surface area (Å²) in [7, 11) is 0. The molecule has 0 atom stereocenters. The van der Waals surface area contributed by atoms with Crippen LogP contribution in [-0.2, 0) is 0 Å². The number of aromatic amines is 1. The lowest BCUT2D eigenvalue weighted by molar-refractivity contribution is 0.414. The van der Waals surface area contributed by atoms with E-state index in [-0.39, 0.29) is 0 Å². The molecule has 0 aliphatic heterocycles. The number of para-hydroxylation sites is 2. The van der Waals surface area contributed by atoms with Crippen LogP contribution < -0.4 is 4.74 Å². The van der Waals surface area contributed by atoms with Gasteiger partial charge in [-0.1, -0.05) is 31.4 Å². The van der Waals surface area contributed by atoms with Crippen LogP contribution in [0.25, 0.3) is 11.0 Å². The van der Waals surface area contributed by atoms with E-state index in [4.69, 9.17) is 4.74 Å². The monoisotopic (exact) mass is 212 g/mol. The fourth-order valence-corrected chi connectivity index (χ4v) is 1.35. The molecule has 0 unspecified atom stereocenters. The Balaban J connectivity index is 2.30. The van der Waals surface area contributed by atoms with Gasteiger partial charge in [0, 0.05) is 0 Å². The van der Waals surface area contributed by atoms with Crippen molar-refractivity contribution >= 4 is 11.0 Å². The molecule has 1 heterocycles. The molecule has 2 aromatic rings. The first-order chi connectivity index (χ1) is 7.83. The molecule has 80 valence electrons. The van der Waals surface area contributed by atoms with Crippen molar-refractivity contribution < 1.29 is 4.74 Å². The van der Waals surface area contributed by atoms with Gasteiger partial charge in [0.25, 0.3) is 6.01 Å². The van der Waals surface area contributed by atoms with Crippen LogP contribution in [0.4, 0.5) is 0 Å². The van der Waals surface area contributed by atoms with Gasteiger partial charge in [0.2, 0.25) is 0 Å². The second-order valence-corrected chi connectivity index (χ2v) is 3.17. The summed E-state index contributed by atoms with van der Waals surface area (Å²) in [6.45, 7) is 7.25. The van der Waals surface area contributed by atoms with Crippen molar-refractivity contribution in [2.24, 2.45) is 0 Å². The van der Waals surface area contributed by atoms with Crippen LogP contribution in [-0.4, -0.2) is 9.97 Å². The van der Waals surface area contributed by atoms with Crippen molar-refractivity contribution in [2.75, 3.05) is 0 Å². The molecule has 0 bridgehead atoms. The highest BCUT2D eigenvalue weighted by Gasteiger charge is 2.03. The van der Waals surface area contributed by atoms with Crippen molar-refractivity contribution in [2.45, 2.75) is 0 Å². The summed E-state index contributed by atoms with van der Waals surface area (Å²) in [5.74, 6) is 0.606. The number of fused-ring (bicyclic) bond motifs is 1. The highest BCUT2D eigenvalue weighted by molar-refractivity contribution is 5.75. The maximum atomic E-state index is 5.49. The molecule has 1 aromatic carbocycles. The number of benzene rings is 1. The Hall–Kier alpha value is -2.29. The first-order valence-electron chi connectivity index (χ1n) is 4.91. The average molecular weight is 212 g/mol. The normalized spacial score (nSPS) is 11.4. The van der Waals surface area contributed by atoms with Crippen LogP contribution in [0.5, 0.6) is 6.01 Å². The maximum absolute atomic E-state index is 5.49. The van der Waals surface area contributed by atoms with Gasteiger partial charge in [-0.25, -0.2) is 0 Å². The second kappa shape index (κ2) is 4.49. The molecule has 0 saturated heterocycles. The van der Waals surface area contributed by atoms with E-state index in [0.29, 0.717) is 11.8 Å². The Kier molecular flexibility index (Phi) is 2.87. The lowest BCUT2D eigenvalue weighted by Gasteiger charge is -1.99. The number of allylic oxidation sites excluding steroid dienone is 3. The SMILES string of the molecule is C=CC=C(C=C)Oc1nc2ccccc2[nH]1. The van der Waals surface area contributed by atoms with Crippen LogP contribution >= 0.6 is 0 Å². The molecule has 1 N–H and O–H groups in total. The van der Waals surface area contributed by atoms with Gasteiger partial charge in [0.1, 0.15) is 5.76 Å². The molecule has 3 nitrogen and oxygen atoms in total. The number of hydrogen-bond acceptors (Lipinski definition) is 2. The zero-order chi connectivity index (χ0) is 11.4. The fourth-order valence-electron chi connectivity index (χ4n) is 1.35. The molecule has 2 rings (SSSR count). The van der Waals surface area contributed by atoms with E-state index in [1.54, 1.807) is 18.2 Å². The largest absolute Gasteiger partial charge is 0.426 e. The Labute approximate surface area is 93.8 Å². The average Bonchev–Trinajstić information content (AvgIpc) is 2.70. The zero-order valence-electron chi connectivity index (χ0n) is 8.81. The van der Waals surface area contributed by atoms with E-state index >= 15 is 0 Å². The van der Waals surface area contributed by atoms with Crippen LogP contribution in [0, 0.1) is 0 Å². The van der Waals surface area contributed by atoms with Gasteiger partial charge in [0.05, 0.1) is 11.0 Å². The number of ether oxygens (including phenoxy) is 1. The molecule has 1 aromatic heterocycles. The third-order valence-electron chi connectivity index (χ3n) is 2.07. The standard InChI is InChI=1S/C13H12N2O/c1-3-7-10(4-2)16-13-14-11-8-5-6-9-12(11)15-13/h3-9H,1-2H2,(H,14,15). The minimum absolute atomic E-state index is 0.453. The minimum atomic E-state index is 0.453. The predicted molar refractivity (Wildman–Crippen MR) is 65.2 cm³/mol. The molecule has 0 fully saturated rings. The van der Waals surface area contributed by atoms with E-state index in [1.165, 1.54) is 0 Å². The fraction of sp³-hybridized carbons (Fsp3) is 0. The van der Waals surface area contributed by atoms with E-state index < -0.39 is 0 Å². The van der Waals surface area contributed by atoms with Gasteiger partial charge in [-0.05, 0) is 24.3 Å². The molecule has 0 amide bonds. The van der Waals surface area contributed by atoms with Gasteiger partial charge in [-0.15, -0.1) is 0 Å². The number of nitrogens with zero attached hydrogens (tertiary/aromatic N) is 1. The molecule has 3 heteroatoms. The van der Waals surface area contributed by atoms with Gasteiger partial charge < -0.3 is 9.72 Å². The topological polar surface area (TPSA) is 37.9 Å². The maximum Gasteiger partial charge on any atom is 0.300 e. The number of rotatable bonds is 4. The van der Waals surface area contributed by atoms with E-state index in [0.717, 1.165) is 11.0 Å². The summed E-state index contributed by atoms with van der Waals surface area (Å²) in [6, 6.07) is 8.19. The quantitative estimate of drug-likeness (QED) is 0.624. The Morgan fingerprint density at radius 1 is 1.31 bits per heavy atom. The molecular formula is C13H12N2O. The minimum Gasteiger partial charge on any atom is -0.426 e. The third-order valence-corrected chi connectivity index (χ3v) is 2.07. The predicted octanol–water partition coefficient (Wildman–Crippen LogP) is 3.20. The summed E-state index contributed by atoms with van der Waals surface area (Å²) in [5.41, 5.74) is 1.82. The lowest BCUT2D eigenvalue weighted by atomic mass is 10.3. The van der Waals surface area contributed by atoms with E-state index in [2.05, 4.69) is 23.1 Å².